The molecule has 7 heteroatoms. The number of carbonyl (C=O) groups is 2. The van der Waals surface area contributed by atoms with Crippen molar-refractivity contribution in [3.05, 3.63) is 82.4 Å². The third-order valence-electron chi connectivity index (χ3n) is 4.85. The SMILES string of the molecule is COC(=O)CCc1c(C)nn(-c2ccc(C(=O)OCc3cccc(F)c3)cc2)c1C. The van der Waals surface area contributed by atoms with E-state index in [9.17, 15) is 14.0 Å². The fraction of sp³-hybridized carbons (Fsp3) is 0.261. The molecule has 156 valence electrons. The van der Waals surface area contributed by atoms with Crippen LogP contribution in [0.4, 0.5) is 4.39 Å². The molecule has 1 aromatic heterocycles. The van der Waals surface area contributed by atoms with Gasteiger partial charge in [-0.1, -0.05) is 12.1 Å². The zero-order valence-electron chi connectivity index (χ0n) is 17.1. The topological polar surface area (TPSA) is 70.4 Å². The van der Waals surface area contributed by atoms with Crippen LogP contribution in [0, 0.1) is 19.7 Å². The number of halogens is 1. The number of carbonyl (C=O) groups excluding carboxylic acids is 2. The van der Waals surface area contributed by atoms with Crippen LogP contribution < -0.4 is 0 Å². The Morgan fingerprint density at radius 3 is 2.50 bits per heavy atom. The van der Waals surface area contributed by atoms with E-state index in [1.807, 2.05) is 13.8 Å². The van der Waals surface area contributed by atoms with Crippen molar-refractivity contribution >= 4 is 11.9 Å². The first-order chi connectivity index (χ1) is 14.4. The molecule has 0 aliphatic carbocycles. The van der Waals surface area contributed by atoms with Crippen molar-refractivity contribution in [3.63, 3.8) is 0 Å². The number of aromatic nitrogens is 2. The standard InChI is InChI=1S/C23H23FN2O4/c1-15-21(11-12-22(27)29-3)16(2)26(25-15)20-9-7-18(8-10-20)23(28)30-14-17-5-4-6-19(24)13-17/h4-10,13H,11-12,14H2,1-3H3. The summed E-state index contributed by atoms with van der Waals surface area (Å²) in [5.74, 6) is -1.12. The third kappa shape index (κ3) is 4.92. The Hall–Kier alpha value is -3.48. The Balaban J connectivity index is 1.69. The minimum Gasteiger partial charge on any atom is -0.469 e. The van der Waals surface area contributed by atoms with Gasteiger partial charge in [-0.3, -0.25) is 4.79 Å². The van der Waals surface area contributed by atoms with Gasteiger partial charge in [-0.2, -0.15) is 5.10 Å². The second-order valence-corrected chi connectivity index (χ2v) is 6.89. The van der Waals surface area contributed by atoms with E-state index in [1.165, 1.54) is 19.2 Å². The third-order valence-corrected chi connectivity index (χ3v) is 4.85. The van der Waals surface area contributed by atoms with E-state index in [4.69, 9.17) is 9.47 Å². The van der Waals surface area contributed by atoms with Gasteiger partial charge in [0.05, 0.1) is 24.1 Å². The quantitative estimate of drug-likeness (QED) is 0.549. The molecule has 0 saturated heterocycles. The minimum absolute atomic E-state index is 0.000637. The summed E-state index contributed by atoms with van der Waals surface area (Å²) < 4.78 is 25.0. The molecule has 0 spiro atoms. The van der Waals surface area contributed by atoms with Crippen LogP contribution in [0.2, 0.25) is 0 Å². The Bertz CT molecular complexity index is 1060. The molecule has 0 radical (unpaired) electrons. The van der Waals surface area contributed by atoms with Crippen LogP contribution >= 0.6 is 0 Å². The van der Waals surface area contributed by atoms with Gasteiger partial charge in [0.1, 0.15) is 12.4 Å². The summed E-state index contributed by atoms with van der Waals surface area (Å²) in [6.45, 7) is 3.83. The van der Waals surface area contributed by atoms with Gasteiger partial charge < -0.3 is 9.47 Å². The molecule has 0 bridgehead atoms. The first kappa shape index (κ1) is 21.2. The molecular weight excluding hydrogens is 387 g/mol. The Labute approximate surface area is 174 Å². The molecule has 0 aliphatic heterocycles. The number of benzene rings is 2. The maximum Gasteiger partial charge on any atom is 0.338 e. The maximum atomic E-state index is 13.2. The highest BCUT2D eigenvalue weighted by atomic mass is 19.1. The lowest BCUT2D eigenvalue weighted by Gasteiger charge is -2.08. The van der Waals surface area contributed by atoms with E-state index < -0.39 is 5.97 Å². The van der Waals surface area contributed by atoms with E-state index in [-0.39, 0.29) is 18.4 Å². The molecule has 0 aliphatic rings. The van der Waals surface area contributed by atoms with Crippen LogP contribution in [-0.2, 0) is 27.3 Å². The van der Waals surface area contributed by atoms with Crippen molar-refractivity contribution in [3.8, 4) is 5.69 Å². The number of nitrogens with zero attached hydrogens (tertiary/aromatic N) is 2. The van der Waals surface area contributed by atoms with Crippen LogP contribution in [0.15, 0.2) is 48.5 Å². The van der Waals surface area contributed by atoms with E-state index in [2.05, 4.69) is 5.10 Å². The van der Waals surface area contributed by atoms with E-state index in [0.29, 0.717) is 24.0 Å². The van der Waals surface area contributed by atoms with Gasteiger partial charge in [0.15, 0.2) is 0 Å². The van der Waals surface area contributed by atoms with Crippen LogP contribution in [-0.4, -0.2) is 28.8 Å². The van der Waals surface area contributed by atoms with Crippen molar-refractivity contribution in [1.82, 2.24) is 9.78 Å². The monoisotopic (exact) mass is 410 g/mol. The van der Waals surface area contributed by atoms with E-state index >= 15 is 0 Å². The number of rotatable bonds is 7. The molecule has 3 rings (SSSR count). The summed E-state index contributed by atoms with van der Waals surface area (Å²) >= 11 is 0. The number of ether oxygens (including phenoxy) is 2. The van der Waals surface area contributed by atoms with Gasteiger partial charge in [-0.05, 0) is 67.8 Å². The highest BCUT2D eigenvalue weighted by molar-refractivity contribution is 5.89. The second kappa shape index (κ2) is 9.35. The van der Waals surface area contributed by atoms with Crippen LogP contribution in [0.3, 0.4) is 0 Å². The normalized spacial score (nSPS) is 10.7. The highest BCUT2D eigenvalue weighted by Gasteiger charge is 2.15. The van der Waals surface area contributed by atoms with Gasteiger partial charge >= 0.3 is 11.9 Å². The molecule has 0 amide bonds. The first-order valence-corrected chi connectivity index (χ1v) is 9.53. The van der Waals surface area contributed by atoms with Gasteiger partial charge in [-0.25, -0.2) is 13.9 Å². The van der Waals surface area contributed by atoms with Crippen LogP contribution in [0.5, 0.6) is 0 Å². The summed E-state index contributed by atoms with van der Waals surface area (Å²) in [6.07, 6.45) is 0.842. The smallest absolute Gasteiger partial charge is 0.338 e. The van der Waals surface area contributed by atoms with Gasteiger partial charge in [0.2, 0.25) is 0 Å². The van der Waals surface area contributed by atoms with E-state index in [0.717, 1.165) is 22.6 Å². The van der Waals surface area contributed by atoms with Crippen molar-refractivity contribution in [2.45, 2.75) is 33.3 Å². The predicted molar refractivity (Wildman–Crippen MR) is 109 cm³/mol. The average molecular weight is 410 g/mol. The molecule has 1 heterocycles. The second-order valence-electron chi connectivity index (χ2n) is 6.89. The molecule has 0 saturated carbocycles. The summed E-state index contributed by atoms with van der Waals surface area (Å²) in [7, 11) is 1.37. The van der Waals surface area contributed by atoms with Crippen molar-refractivity contribution in [2.24, 2.45) is 0 Å². The molecule has 3 aromatic rings. The Morgan fingerprint density at radius 2 is 1.83 bits per heavy atom. The summed E-state index contributed by atoms with van der Waals surface area (Å²) in [5, 5.41) is 4.56. The lowest BCUT2D eigenvalue weighted by Crippen LogP contribution is -2.06. The van der Waals surface area contributed by atoms with Crippen molar-refractivity contribution in [1.29, 1.82) is 0 Å². The number of hydrogen-bond donors (Lipinski definition) is 0. The molecule has 6 nitrogen and oxygen atoms in total. The average Bonchev–Trinajstić information content (AvgIpc) is 3.03. The summed E-state index contributed by atoms with van der Waals surface area (Å²) in [5.41, 5.74) is 4.54. The lowest BCUT2D eigenvalue weighted by atomic mass is 10.1. The van der Waals surface area contributed by atoms with Crippen molar-refractivity contribution < 1.29 is 23.5 Å². The lowest BCUT2D eigenvalue weighted by molar-refractivity contribution is -0.140. The molecule has 0 atom stereocenters. The number of esters is 2. The number of aryl methyl sites for hydroxylation is 1. The number of methoxy groups -OCH3 is 1. The van der Waals surface area contributed by atoms with Crippen LogP contribution in [0.1, 0.15) is 39.3 Å². The molecule has 2 aromatic carbocycles. The van der Waals surface area contributed by atoms with Gasteiger partial charge in [0.25, 0.3) is 0 Å². The molecule has 30 heavy (non-hydrogen) atoms. The molecule has 0 fully saturated rings. The Morgan fingerprint density at radius 1 is 1.10 bits per heavy atom. The molecular formula is C23H23FN2O4. The largest absolute Gasteiger partial charge is 0.469 e. The van der Waals surface area contributed by atoms with Gasteiger partial charge in [0, 0.05) is 12.1 Å². The molecule has 0 N–H and O–H groups in total. The minimum atomic E-state index is -0.488. The number of hydrogen-bond acceptors (Lipinski definition) is 5. The highest BCUT2D eigenvalue weighted by Crippen LogP contribution is 2.20. The first-order valence-electron chi connectivity index (χ1n) is 9.53. The van der Waals surface area contributed by atoms with Crippen molar-refractivity contribution in [2.75, 3.05) is 7.11 Å². The zero-order valence-corrected chi connectivity index (χ0v) is 17.1. The molecule has 0 unspecified atom stereocenters. The summed E-state index contributed by atoms with van der Waals surface area (Å²) in [4.78, 5) is 23.7. The van der Waals surface area contributed by atoms with Crippen LogP contribution in [0.25, 0.3) is 5.69 Å². The van der Waals surface area contributed by atoms with E-state index in [1.54, 1.807) is 41.1 Å². The van der Waals surface area contributed by atoms with Gasteiger partial charge in [-0.15, -0.1) is 0 Å². The fourth-order valence-corrected chi connectivity index (χ4v) is 3.21. The fourth-order valence-electron chi connectivity index (χ4n) is 3.21. The Kier molecular flexibility index (Phi) is 6.61. The maximum absolute atomic E-state index is 13.2. The zero-order chi connectivity index (χ0) is 21.7. The predicted octanol–water partition coefficient (Wildman–Crippen LogP) is 4.09. The summed E-state index contributed by atoms with van der Waals surface area (Å²) in [6, 6.07) is 12.8.